The first-order chi connectivity index (χ1) is 13.3. The van der Waals surface area contributed by atoms with E-state index < -0.39 is 0 Å². The summed E-state index contributed by atoms with van der Waals surface area (Å²) in [5.41, 5.74) is 8.76. The highest BCUT2D eigenvalue weighted by molar-refractivity contribution is 9.09. The highest BCUT2D eigenvalue weighted by Gasteiger charge is 2.25. The van der Waals surface area contributed by atoms with E-state index in [-0.39, 0.29) is 26.5 Å². The molecule has 0 aromatic heterocycles. The van der Waals surface area contributed by atoms with Crippen LogP contribution in [0.1, 0.15) is 121 Å². The van der Waals surface area contributed by atoms with Gasteiger partial charge in [0.2, 0.25) is 0 Å². The van der Waals surface area contributed by atoms with Crippen molar-refractivity contribution >= 4 is 15.9 Å². The molecule has 0 aliphatic carbocycles. The van der Waals surface area contributed by atoms with Crippen LogP contribution in [0.3, 0.4) is 0 Å². The van der Waals surface area contributed by atoms with Crippen LogP contribution in [0.25, 0.3) is 0 Å². The van der Waals surface area contributed by atoms with Gasteiger partial charge in [-0.3, -0.25) is 0 Å². The molecule has 30 heavy (non-hydrogen) atoms. The smallest absolute Gasteiger partial charge is 0.0645 e. The molecule has 0 fully saturated rings. The quantitative estimate of drug-likeness (QED) is 0.383. The Morgan fingerprint density at radius 2 is 0.633 bits per heavy atom. The van der Waals surface area contributed by atoms with Crippen LogP contribution in [-0.2, 0) is 21.7 Å². The van der Waals surface area contributed by atoms with Crippen LogP contribution >= 0.6 is 15.9 Å². The van der Waals surface area contributed by atoms with Crippen molar-refractivity contribution in [2.45, 2.75) is 110 Å². The van der Waals surface area contributed by atoms with Crippen molar-refractivity contribution in [2.24, 2.45) is 0 Å². The van der Waals surface area contributed by atoms with Crippen molar-refractivity contribution in [3.8, 4) is 0 Å². The van der Waals surface area contributed by atoms with E-state index in [1.54, 1.807) is 0 Å². The van der Waals surface area contributed by atoms with Gasteiger partial charge in [0.25, 0.3) is 0 Å². The van der Waals surface area contributed by atoms with E-state index in [4.69, 9.17) is 0 Å². The van der Waals surface area contributed by atoms with Crippen LogP contribution in [0.2, 0.25) is 0 Å². The highest BCUT2D eigenvalue weighted by Crippen LogP contribution is 2.40. The van der Waals surface area contributed by atoms with E-state index in [1.807, 2.05) is 0 Å². The number of hydrogen-bond acceptors (Lipinski definition) is 0. The summed E-state index contributed by atoms with van der Waals surface area (Å²) in [5.74, 6) is 0. The van der Waals surface area contributed by atoms with Gasteiger partial charge in [-0.2, -0.15) is 0 Å². The lowest BCUT2D eigenvalue weighted by atomic mass is 9.77. The molecule has 0 nitrogen and oxygen atoms in total. The third kappa shape index (κ3) is 6.00. The van der Waals surface area contributed by atoms with Crippen LogP contribution in [0.15, 0.2) is 36.4 Å². The Balaban J connectivity index is 2.72. The predicted molar refractivity (Wildman–Crippen MR) is 138 cm³/mol. The molecule has 0 bridgehead atoms. The van der Waals surface area contributed by atoms with Gasteiger partial charge in [0, 0.05) is 0 Å². The molecule has 1 heteroatoms. The standard InChI is InChI=1S/C29H43Br/c1-26(2,3)21-13-19(14-22(17-21)27(4,5)6)25(30)20-15-23(28(7,8)9)18-24(16-20)29(10,11)12/h13-18,25H,1-12H3. The van der Waals surface area contributed by atoms with Crippen molar-refractivity contribution in [1.29, 1.82) is 0 Å². The van der Waals surface area contributed by atoms with Crippen LogP contribution in [0, 0.1) is 0 Å². The van der Waals surface area contributed by atoms with Crippen molar-refractivity contribution in [3.05, 3.63) is 69.8 Å². The summed E-state index contributed by atoms with van der Waals surface area (Å²) in [7, 11) is 0. The summed E-state index contributed by atoms with van der Waals surface area (Å²) >= 11 is 4.10. The van der Waals surface area contributed by atoms with Gasteiger partial charge >= 0.3 is 0 Å². The summed E-state index contributed by atoms with van der Waals surface area (Å²) < 4.78 is 0. The summed E-state index contributed by atoms with van der Waals surface area (Å²) in [6, 6.07) is 14.4. The largest absolute Gasteiger partial charge is 0.0786 e. The Hall–Kier alpha value is -1.08. The number of rotatable bonds is 2. The zero-order valence-electron chi connectivity index (χ0n) is 21.4. The van der Waals surface area contributed by atoms with E-state index >= 15 is 0 Å². The molecular weight excluding hydrogens is 428 g/mol. The lowest BCUT2D eigenvalue weighted by Gasteiger charge is -2.29. The fraction of sp³-hybridized carbons (Fsp3) is 0.586. The molecule has 0 N–H and O–H groups in total. The number of hydrogen-bond donors (Lipinski definition) is 0. The Kier molecular flexibility index (Phi) is 6.82. The zero-order valence-corrected chi connectivity index (χ0v) is 23.0. The van der Waals surface area contributed by atoms with Crippen LogP contribution in [0.4, 0.5) is 0 Å². The van der Waals surface area contributed by atoms with Crippen LogP contribution < -0.4 is 0 Å². The Morgan fingerprint density at radius 1 is 0.433 bits per heavy atom. The first kappa shape index (κ1) is 25.2. The molecule has 0 atom stereocenters. The van der Waals surface area contributed by atoms with E-state index in [0.717, 1.165) is 0 Å². The topological polar surface area (TPSA) is 0 Å². The molecule has 0 aliphatic rings. The van der Waals surface area contributed by atoms with Gasteiger partial charge in [-0.1, -0.05) is 135 Å². The van der Waals surface area contributed by atoms with Gasteiger partial charge in [-0.25, -0.2) is 0 Å². The molecular formula is C29H43Br. The van der Waals surface area contributed by atoms with Gasteiger partial charge in [-0.15, -0.1) is 0 Å². The Morgan fingerprint density at radius 3 is 0.800 bits per heavy atom. The molecule has 2 rings (SSSR count). The maximum atomic E-state index is 4.10. The first-order valence-electron chi connectivity index (χ1n) is 11.3. The number of alkyl halides is 1. The molecule has 0 heterocycles. The fourth-order valence-electron chi connectivity index (χ4n) is 3.52. The minimum Gasteiger partial charge on any atom is -0.0786 e. The van der Waals surface area contributed by atoms with Gasteiger partial charge in [0.05, 0.1) is 4.83 Å². The minimum atomic E-state index is 0.118. The van der Waals surface area contributed by atoms with Crippen LogP contribution in [0.5, 0.6) is 0 Å². The molecule has 166 valence electrons. The SMILES string of the molecule is CC(C)(C)c1cc(C(Br)c2cc(C(C)(C)C)cc(C(C)(C)C)c2)cc(C(C)(C)C)c1. The number of halogens is 1. The van der Waals surface area contributed by atoms with E-state index in [0.29, 0.717) is 0 Å². The van der Waals surface area contributed by atoms with Gasteiger partial charge in [0.1, 0.15) is 0 Å². The van der Waals surface area contributed by atoms with E-state index in [9.17, 15) is 0 Å². The van der Waals surface area contributed by atoms with Crippen LogP contribution in [-0.4, -0.2) is 0 Å². The Labute approximate surface area is 195 Å². The average Bonchev–Trinajstić information content (AvgIpc) is 2.57. The summed E-state index contributed by atoms with van der Waals surface area (Å²) in [6.45, 7) is 27.7. The summed E-state index contributed by atoms with van der Waals surface area (Å²) in [6.07, 6.45) is 0. The monoisotopic (exact) mass is 470 g/mol. The van der Waals surface area contributed by atoms with Crippen molar-refractivity contribution in [3.63, 3.8) is 0 Å². The lowest BCUT2D eigenvalue weighted by Crippen LogP contribution is -2.18. The van der Waals surface area contributed by atoms with Crippen molar-refractivity contribution in [1.82, 2.24) is 0 Å². The summed E-state index contributed by atoms with van der Waals surface area (Å²) in [4.78, 5) is 0.171. The minimum absolute atomic E-state index is 0.118. The second-order valence-corrected chi connectivity index (χ2v) is 14.0. The highest BCUT2D eigenvalue weighted by atomic mass is 79.9. The van der Waals surface area contributed by atoms with Gasteiger partial charge in [-0.05, 0) is 55.0 Å². The average molecular weight is 472 g/mol. The third-order valence-corrected chi connectivity index (χ3v) is 7.02. The molecule has 2 aromatic carbocycles. The summed E-state index contributed by atoms with van der Waals surface area (Å²) in [5, 5.41) is 0. The molecule has 0 saturated heterocycles. The van der Waals surface area contributed by atoms with E-state index in [2.05, 4.69) is 135 Å². The zero-order chi connectivity index (χ0) is 23.3. The lowest BCUT2D eigenvalue weighted by molar-refractivity contribution is 0.566. The molecule has 0 radical (unpaired) electrons. The maximum absolute atomic E-state index is 4.10. The van der Waals surface area contributed by atoms with Crippen molar-refractivity contribution < 1.29 is 0 Å². The van der Waals surface area contributed by atoms with Crippen molar-refractivity contribution in [2.75, 3.05) is 0 Å². The second kappa shape index (κ2) is 8.12. The molecule has 0 amide bonds. The van der Waals surface area contributed by atoms with Gasteiger partial charge in [0.15, 0.2) is 0 Å². The third-order valence-electron chi connectivity index (χ3n) is 5.96. The second-order valence-electron chi connectivity index (χ2n) is 13.0. The molecule has 0 spiro atoms. The first-order valence-corrected chi connectivity index (χ1v) is 12.2. The predicted octanol–water partition coefficient (Wildman–Crippen LogP) is 9.36. The maximum Gasteiger partial charge on any atom is 0.0645 e. The normalized spacial score (nSPS) is 13.8. The number of benzene rings is 2. The molecule has 0 aliphatic heterocycles. The Bertz CT molecular complexity index is 750. The van der Waals surface area contributed by atoms with E-state index in [1.165, 1.54) is 33.4 Å². The molecule has 0 saturated carbocycles. The molecule has 2 aromatic rings. The van der Waals surface area contributed by atoms with Gasteiger partial charge < -0.3 is 0 Å². The molecule has 0 unspecified atom stereocenters. The fourth-order valence-corrected chi connectivity index (χ4v) is 4.05.